The molecule has 0 aliphatic rings. The first-order valence-electron chi connectivity index (χ1n) is 6.72. The number of carbonyl (C=O) groups is 1. The van der Waals surface area contributed by atoms with Gasteiger partial charge < -0.3 is 5.11 Å². The Kier molecular flexibility index (Phi) is 4.40. The molecule has 2 heterocycles. The molecule has 0 aliphatic heterocycles. The number of carbonyl (C=O) groups excluding carboxylic acids is 1. The summed E-state index contributed by atoms with van der Waals surface area (Å²) in [5, 5.41) is 14.4. The second-order valence-electron chi connectivity index (χ2n) is 4.82. The Morgan fingerprint density at radius 3 is 2.59 bits per heavy atom. The van der Waals surface area contributed by atoms with Crippen molar-refractivity contribution in [1.82, 2.24) is 9.61 Å². The number of benzene rings is 1. The molecule has 1 N–H and O–H groups in total. The SMILES string of the molecule is CCc1nn2ccccc2c1C(=O)c1cc(I)c(O)c(I)c1. The van der Waals surface area contributed by atoms with Gasteiger partial charge in [0.05, 0.1) is 23.9 Å². The first kappa shape index (κ1) is 15.7. The van der Waals surface area contributed by atoms with Crippen molar-refractivity contribution >= 4 is 56.5 Å². The number of aryl methyl sites for hydroxylation is 1. The maximum Gasteiger partial charge on any atom is 0.197 e. The highest BCUT2D eigenvalue weighted by Crippen LogP contribution is 2.29. The van der Waals surface area contributed by atoms with E-state index in [9.17, 15) is 9.90 Å². The minimum Gasteiger partial charge on any atom is -0.506 e. The highest BCUT2D eigenvalue weighted by Gasteiger charge is 2.21. The van der Waals surface area contributed by atoms with Gasteiger partial charge in [-0.05, 0) is 75.9 Å². The first-order chi connectivity index (χ1) is 10.5. The number of halogens is 2. The second kappa shape index (κ2) is 6.15. The Bertz CT molecular complexity index is 864. The van der Waals surface area contributed by atoms with Crippen LogP contribution in [0.1, 0.15) is 28.5 Å². The average molecular weight is 518 g/mol. The number of ketones is 1. The predicted molar refractivity (Wildman–Crippen MR) is 102 cm³/mol. The fraction of sp³-hybridized carbons (Fsp3) is 0.125. The van der Waals surface area contributed by atoms with Crippen molar-refractivity contribution in [2.75, 3.05) is 0 Å². The molecule has 0 amide bonds. The van der Waals surface area contributed by atoms with Crippen molar-refractivity contribution in [3.63, 3.8) is 0 Å². The smallest absolute Gasteiger partial charge is 0.197 e. The molecule has 3 aromatic rings. The maximum absolute atomic E-state index is 13.0. The summed E-state index contributed by atoms with van der Waals surface area (Å²) in [5.41, 5.74) is 2.80. The van der Waals surface area contributed by atoms with E-state index in [1.165, 1.54) is 0 Å². The third kappa shape index (κ3) is 2.62. The molecular formula is C16H12I2N2O2. The lowest BCUT2D eigenvalue weighted by molar-refractivity contribution is 0.103. The van der Waals surface area contributed by atoms with E-state index in [0.29, 0.717) is 24.7 Å². The highest BCUT2D eigenvalue weighted by molar-refractivity contribution is 14.1. The van der Waals surface area contributed by atoms with Crippen molar-refractivity contribution in [3.05, 3.63) is 60.5 Å². The Balaban J connectivity index is 2.21. The van der Waals surface area contributed by atoms with Crippen molar-refractivity contribution in [2.24, 2.45) is 0 Å². The van der Waals surface area contributed by atoms with Gasteiger partial charge in [0, 0.05) is 11.8 Å². The van der Waals surface area contributed by atoms with E-state index in [-0.39, 0.29) is 11.5 Å². The zero-order chi connectivity index (χ0) is 15.9. The van der Waals surface area contributed by atoms with E-state index < -0.39 is 0 Å². The lowest BCUT2D eigenvalue weighted by Crippen LogP contribution is -2.05. The van der Waals surface area contributed by atoms with Crippen LogP contribution in [0.3, 0.4) is 0 Å². The molecular weight excluding hydrogens is 506 g/mol. The number of fused-ring (bicyclic) bond motifs is 1. The molecule has 0 fully saturated rings. The van der Waals surface area contributed by atoms with Crippen molar-refractivity contribution in [1.29, 1.82) is 0 Å². The Morgan fingerprint density at radius 2 is 1.95 bits per heavy atom. The third-order valence-electron chi connectivity index (χ3n) is 3.45. The van der Waals surface area contributed by atoms with E-state index in [1.807, 2.05) is 76.5 Å². The Labute approximate surface area is 154 Å². The van der Waals surface area contributed by atoms with Gasteiger partial charge in [-0.15, -0.1) is 0 Å². The van der Waals surface area contributed by atoms with Gasteiger partial charge >= 0.3 is 0 Å². The van der Waals surface area contributed by atoms with Crippen LogP contribution in [0.4, 0.5) is 0 Å². The predicted octanol–water partition coefficient (Wildman–Crippen LogP) is 4.04. The number of hydrogen-bond donors (Lipinski definition) is 1. The summed E-state index contributed by atoms with van der Waals surface area (Å²) in [7, 11) is 0. The molecule has 0 bridgehead atoms. The van der Waals surface area contributed by atoms with E-state index >= 15 is 0 Å². The topological polar surface area (TPSA) is 54.6 Å². The van der Waals surface area contributed by atoms with Gasteiger partial charge in [0.15, 0.2) is 5.78 Å². The molecule has 0 saturated heterocycles. The van der Waals surface area contributed by atoms with Crippen LogP contribution in [0.15, 0.2) is 36.5 Å². The monoisotopic (exact) mass is 518 g/mol. The second-order valence-corrected chi connectivity index (χ2v) is 7.15. The maximum atomic E-state index is 13.0. The van der Waals surface area contributed by atoms with Gasteiger partial charge in [-0.2, -0.15) is 5.10 Å². The minimum atomic E-state index is -0.0612. The Morgan fingerprint density at radius 1 is 1.27 bits per heavy atom. The van der Waals surface area contributed by atoms with Gasteiger partial charge in [-0.3, -0.25) is 4.79 Å². The fourth-order valence-corrected chi connectivity index (χ4v) is 4.15. The lowest BCUT2D eigenvalue weighted by atomic mass is 10.0. The zero-order valence-electron chi connectivity index (χ0n) is 11.7. The van der Waals surface area contributed by atoms with Crippen molar-refractivity contribution in [2.45, 2.75) is 13.3 Å². The summed E-state index contributed by atoms with van der Waals surface area (Å²) in [6, 6.07) is 9.12. The number of phenolic OH excluding ortho intramolecular Hbond substituents is 1. The molecule has 22 heavy (non-hydrogen) atoms. The van der Waals surface area contributed by atoms with Crippen LogP contribution in [0.25, 0.3) is 5.52 Å². The summed E-state index contributed by atoms with van der Waals surface area (Å²) in [6.07, 6.45) is 2.53. The fourth-order valence-electron chi connectivity index (χ4n) is 2.38. The standard InChI is InChI=1S/C16H12I2N2O2/c1-2-12-14(13-5-3-4-6-20(13)19-12)15(21)9-7-10(17)16(22)11(18)8-9/h3-8,22H,2H2,1H3. The van der Waals surface area contributed by atoms with Crippen molar-refractivity contribution in [3.8, 4) is 5.75 Å². The molecule has 2 aromatic heterocycles. The minimum absolute atomic E-state index is 0.0612. The van der Waals surface area contributed by atoms with E-state index in [1.54, 1.807) is 16.6 Å². The number of phenols is 1. The quantitative estimate of drug-likeness (QED) is 0.421. The van der Waals surface area contributed by atoms with Crippen LogP contribution >= 0.6 is 45.2 Å². The molecule has 0 atom stereocenters. The number of pyridine rings is 1. The van der Waals surface area contributed by atoms with Crippen LogP contribution in [-0.4, -0.2) is 20.5 Å². The number of rotatable bonds is 3. The molecule has 0 saturated carbocycles. The summed E-state index contributed by atoms with van der Waals surface area (Å²) >= 11 is 4.07. The molecule has 112 valence electrons. The van der Waals surface area contributed by atoms with Crippen LogP contribution in [0.2, 0.25) is 0 Å². The third-order valence-corrected chi connectivity index (χ3v) is 5.10. The summed E-state index contributed by atoms with van der Waals surface area (Å²) in [5.74, 6) is 0.155. The number of aromatic nitrogens is 2. The van der Waals surface area contributed by atoms with E-state index in [2.05, 4.69) is 5.10 Å². The lowest BCUT2D eigenvalue weighted by Gasteiger charge is -2.06. The molecule has 1 aromatic carbocycles. The van der Waals surface area contributed by atoms with Crippen LogP contribution in [-0.2, 0) is 6.42 Å². The van der Waals surface area contributed by atoms with Crippen LogP contribution in [0.5, 0.6) is 5.75 Å². The van der Waals surface area contributed by atoms with Gasteiger partial charge in [-0.1, -0.05) is 13.0 Å². The van der Waals surface area contributed by atoms with E-state index in [4.69, 9.17) is 0 Å². The summed E-state index contributed by atoms with van der Waals surface area (Å²) < 4.78 is 3.08. The molecule has 6 heteroatoms. The van der Waals surface area contributed by atoms with Crippen LogP contribution < -0.4 is 0 Å². The van der Waals surface area contributed by atoms with Gasteiger partial charge in [0.1, 0.15) is 5.75 Å². The molecule has 3 rings (SSSR count). The van der Waals surface area contributed by atoms with Gasteiger partial charge in [0.25, 0.3) is 0 Å². The van der Waals surface area contributed by atoms with E-state index in [0.717, 1.165) is 11.2 Å². The zero-order valence-corrected chi connectivity index (χ0v) is 16.0. The molecule has 0 aliphatic carbocycles. The molecule has 0 unspecified atom stereocenters. The summed E-state index contributed by atoms with van der Waals surface area (Å²) in [6.45, 7) is 1.99. The average Bonchev–Trinajstić information content (AvgIpc) is 2.89. The highest BCUT2D eigenvalue weighted by atomic mass is 127. The number of nitrogens with zero attached hydrogens (tertiary/aromatic N) is 2. The van der Waals surface area contributed by atoms with Crippen molar-refractivity contribution < 1.29 is 9.90 Å². The Hall–Kier alpha value is -1.16. The number of hydrogen-bond acceptors (Lipinski definition) is 3. The number of aromatic hydroxyl groups is 1. The summed E-state index contributed by atoms with van der Waals surface area (Å²) in [4.78, 5) is 13.0. The molecule has 4 nitrogen and oxygen atoms in total. The normalized spacial score (nSPS) is 11.0. The van der Waals surface area contributed by atoms with Gasteiger partial charge in [0.2, 0.25) is 0 Å². The van der Waals surface area contributed by atoms with Gasteiger partial charge in [-0.25, -0.2) is 4.52 Å². The molecule has 0 radical (unpaired) electrons. The molecule has 0 spiro atoms. The van der Waals surface area contributed by atoms with Crippen LogP contribution in [0, 0.1) is 7.14 Å². The largest absolute Gasteiger partial charge is 0.506 e. The first-order valence-corrected chi connectivity index (χ1v) is 8.87.